The predicted octanol–water partition coefficient (Wildman–Crippen LogP) is 1.45. The predicted molar refractivity (Wildman–Crippen MR) is 42.4 cm³/mol. The third-order valence-corrected chi connectivity index (χ3v) is 4.01. The summed E-state index contributed by atoms with van der Waals surface area (Å²) in [6.07, 6.45) is 0. The van der Waals surface area contributed by atoms with Crippen molar-refractivity contribution >= 4 is 19.0 Å². The van der Waals surface area contributed by atoms with E-state index < -0.39 is 14.7 Å². The van der Waals surface area contributed by atoms with Gasteiger partial charge in [-0.05, 0) is 0 Å². The summed E-state index contributed by atoms with van der Waals surface area (Å²) in [6.45, 7) is 0. The summed E-state index contributed by atoms with van der Waals surface area (Å²) in [7, 11) is 0. The molecule has 0 aliphatic heterocycles. The Morgan fingerprint density at radius 3 is 2.11 bits per heavy atom. The zero-order chi connectivity index (χ0) is 6.69. The second-order valence-corrected chi connectivity index (χ2v) is 6.99. The Kier molecular flexibility index (Phi) is 2.36. The van der Waals surface area contributed by atoms with Crippen LogP contribution in [-0.4, -0.2) is 14.7 Å². The molecular weight excluding hydrogens is 171 g/mol. The molecule has 47 valence electrons. The molecule has 0 atom stereocenters. The summed E-state index contributed by atoms with van der Waals surface area (Å²) in [5.74, 6) is 0. The van der Waals surface area contributed by atoms with Crippen molar-refractivity contribution in [2.45, 2.75) is 11.4 Å². The molecule has 0 saturated heterocycles. The number of hydrogen-bond acceptors (Lipinski definition) is 0. The quantitative estimate of drug-likeness (QED) is 0.575. The van der Waals surface area contributed by atoms with Crippen LogP contribution in [0.25, 0.3) is 0 Å². The van der Waals surface area contributed by atoms with E-state index in [2.05, 4.69) is 29.6 Å². The van der Waals surface area contributed by atoms with E-state index in [0.29, 0.717) is 0 Å². The Morgan fingerprint density at radius 1 is 1.22 bits per heavy atom. The molecule has 1 radical (unpaired) electrons. The molecule has 0 spiro atoms. The van der Waals surface area contributed by atoms with Crippen LogP contribution in [0, 0.1) is 6.07 Å². The van der Waals surface area contributed by atoms with Gasteiger partial charge < -0.3 is 0 Å². The van der Waals surface area contributed by atoms with Crippen molar-refractivity contribution in [3.8, 4) is 0 Å². The molecule has 0 unspecified atom stereocenters. The van der Waals surface area contributed by atoms with Gasteiger partial charge in [0.15, 0.2) is 0 Å². The average molecular weight is 181 g/mol. The summed E-state index contributed by atoms with van der Waals surface area (Å²) >= 11 is -0.608. The molecule has 0 aliphatic carbocycles. The number of hydrogen-bond donors (Lipinski definition) is 0. The van der Waals surface area contributed by atoms with Crippen LogP contribution in [0.2, 0.25) is 11.4 Å². The first-order valence-electron chi connectivity index (χ1n) is 2.94. The second-order valence-electron chi connectivity index (χ2n) is 2.15. The van der Waals surface area contributed by atoms with Crippen LogP contribution in [-0.2, 0) is 0 Å². The molecule has 0 aromatic heterocycles. The first-order chi connectivity index (χ1) is 4.30. The van der Waals surface area contributed by atoms with Crippen LogP contribution in [0.4, 0.5) is 0 Å². The minimum atomic E-state index is -0.608. The fourth-order valence-electron chi connectivity index (χ4n) is 0.676. The third-order valence-electron chi connectivity index (χ3n) is 1.22. The van der Waals surface area contributed by atoms with Crippen molar-refractivity contribution in [2.75, 3.05) is 0 Å². The van der Waals surface area contributed by atoms with Gasteiger partial charge in [-0.1, -0.05) is 0 Å². The summed E-state index contributed by atoms with van der Waals surface area (Å²) in [5.41, 5.74) is 4.67. The van der Waals surface area contributed by atoms with E-state index in [9.17, 15) is 0 Å². The third kappa shape index (κ3) is 1.87. The van der Waals surface area contributed by atoms with Crippen LogP contribution in [0.1, 0.15) is 0 Å². The van der Waals surface area contributed by atoms with E-state index in [4.69, 9.17) is 0 Å². The van der Waals surface area contributed by atoms with Gasteiger partial charge in [0.25, 0.3) is 0 Å². The summed E-state index contributed by atoms with van der Waals surface area (Å²) in [4.78, 5) is 0. The zero-order valence-electron chi connectivity index (χ0n) is 5.76. The van der Waals surface area contributed by atoms with E-state index in [1.54, 1.807) is 0 Å². The monoisotopic (exact) mass is 181 g/mol. The average Bonchev–Trinajstić information content (AvgIpc) is 1.90. The minimum absolute atomic E-state index is 0.608. The van der Waals surface area contributed by atoms with Crippen LogP contribution < -0.4 is 4.35 Å². The first-order valence-corrected chi connectivity index (χ1v) is 7.63. The van der Waals surface area contributed by atoms with E-state index >= 15 is 0 Å². The van der Waals surface area contributed by atoms with E-state index in [1.165, 1.54) is 4.35 Å². The van der Waals surface area contributed by atoms with E-state index in [-0.39, 0.29) is 0 Å². The normalized spacial score (nSPS) is 10.1. The van der Waals surface area contributed by atoms with Gasteiger partial charge in [-0.2, -0.15) is 0 Å². The van der Waals surface area contributed by atoms with Gasteiger partial charge in [0, 0.05) is 0 Å². The molecular formula is C8H10As. The maximum atomic E-state index is 3.01. The van der Waals surface area contributed by atoms with Gasteiger partial charge in [0.05, 0.1) is 0 Å². The molecule has 1 heteroatoms. The topological polar surface area (TPSA) is 0 Å². The molecule has 0 heterocycles. The van der Waals surface area contributed by atoms with Crippen molar-refractivity contribution in [2.24, 2.45) is 0 Å². The summed E-state index contributed by atoms with van der Waals surface area (Å²) in [6, 6.07) is 11.3. The molecule has 1 aromatic rings. The van der Waals surface area contributed by atoms with Crippen LogP contribution in [0.5, 0.6) is 0 Å². The Labute approximate surface area is 61.2 Å². The Hall–Kier alpha value is -0.222. The van der Waals surface area contributed by atoms with Crippen LogP contribution >= 0.6 is 0 Å². The molecule has 0 saturated carbocycles. The Morgan fingerprint density at radius 2 is 1.78 bits per heavy atom. The molecule has 0 bridgehead atoms. The SMILES string of the molecule is C[As](C)c1cc[c]cc1. The van der Waals surface area contributed by atoms with Crippen molar-refractivity contribution in [3.63, 3.8) is 0 Å². The van der Waals surface area contributed by atoms with Crippen molar-refractivity contribution in [1.29, 1.82) is 0 Å². The maximum absolute atomic E-state index is 3.01. The fourth-order valence-corrected chi connectivity index (χ4v) is 2.24. The Bertz CT molecular complexity index is 167. The zero-order valence-corrected chi connectivity index (χ0v) is 7.63. The van der Waals surface area contributed by atoms with E-state index in [1.807, 2.05) is 12.1 Å². The molecule has 1 rings (SSSR count). The molecule has 0 amide bonds. The molecule has 0 N–H and O–H groups in total. The van der Waals surface area contributed by atoms with Crippen LogP contribution in [0.15, 0.2) is 24.3 Å². The number of rotatable bonds is 1. The van der Waals surface area contributed by atoms with Gasteiger partial charge >= 0.3 is 60.8 Å². The molecule has 9 heavy (non-hydrogen) atoms. The van der Waals surface area contributed by atoms with Gasteiger partial charge in [-0.25, -0.2) is 0 Å². The standard InChI is InChI=1S/C8H10As/c1-9(2)8-6-4-3-5-7-8/h4-7H,1-2H3. The Balaban J connectivity index is 2.85. The van der Waals surface area contributed by atoms with Gasteiger partial charge in [-0.15, -0.1) is 0 Å². The molecule has 0 aliphatic rings. The van der Waals surface area contributed by atoms with Crippen LogP contribution in [0.3, 0.4) is 0 Å². The first kappa shape index (κ1) is 6.89. The fraction of sp³-hybridized carbons (Fsp3) is 0.250. The van der Waals surface area contributed by atoms with Gasteiger partial charge in [0.1, 0.15) is 0 Å². The summed E-state index contributed by atoms with van der Waals surface area (Å²) in [5, 5.41) is 0. The molecule has 0 fully saturated rings. The van der Waals surface area contributed by atoms with Gasteiger partial charge in [0.2, 0.25) is 0 Å². The van der Waals surface area contributed by atoms with Crippen molar-refractivity contribution in [3.05, 3.63) is 30.3 Å². The van der Waals surface area contributed by atoms with Crippen molar-refractivity contribution < 1.29 is 0 Å². The van der Waals surface area contributed by atoms with E-state index in [0.717, 1.165) is 0 Å². The van der Waals surface area contributed by atoms with Crippen molar-refractivity contribution in [1.82, 2.24) is 0 Å². The molecule has 1 aromatic carbocycles. The summed E-state index contributed by atoms with van der Waals surface area (Å²) < 4.78 is 1.53. The second kappa shape index (κ2) is 3.08. The molecule has 0 nitrogen and oxygen atoms in total. The number of benzene rings is 1. The van der Waals surface area contributed by atoms with Gasteiger partial charge in [-0.3, -0.25) is 0 Å².